The van der Waals surface area contributed by atoms with Crippen molar-refractivity contribution < 1.29 is 19.1 Å². The number of Topliss-reactive ketones (excluding diaryl/α,β-unsaturated/α-hetero) is 1. The van der Waals surface area contributed by atoms with Gasteiger partial charge in [0.15, 0.2) is 11.9 Å². The van der Waals surface area contributed by atoms with Crippen molar-refractivity contribution in [1.82, 2.24) is 0 Å². The average Bonchev–Trinajstić information content (AvgIpc) is 3.08. The van der Waals surface area contributed by atoms with E-state index in [0.29, 0.717) is 30.0 Å². The smallest absolute Gasteiger partial charge is 0.303 e. The van der Waals surface area contributed by atoms with E-state index in [9.17, 15) is 14.4 Å². The number of carbonyl (C=O) groups excluding carboxylic acids is 3. The van der Waals surface area contributed by atoms with Crippen LogP contribution < -0.4 is 0 Å². The number of rotatable bonds is 2. The van der Waals surface area contributed by atoms with Gasteiger partial charge in [0, 0.05) is 24.7 Å². The molecule has 4 aliphatic rings. The van der Waals surface area contributed by atoms with Crippen LogP contribution >= 0.6 is 0 Å². The second kappa shape index (κ2) is 4.92. The summed E-state index contributed by atoms with van der Waals surface area (Å²) in [6, 6.07) is 0. The highest BCUT2D eigenvalue weighted by Crippen LogP contribution is 2.70. The molecule has 4 aliphatic carbocycles. The lowest BCUT2D eigenvalue weighted by Crippen LogP contribution is -2.53. The number of ketones is 1. The summed E-state index contributed by atoms with van der Waals surface area (Å²) in [6.45, 7) is 5.87. The molecule has 7 atom stereocenters. The van der Waals surface area contributed by atoms with Crippen molar-refractivity contribution in [3.63, 3.8) is 0 Å². The zero-order valence-corrected chi connectivity index (χ0v) is 15.0. The first-order chi connectivity index (χ1) is 11.3. The van der Waals surface area contributed by atoms with Crippen molar-refractivity contribution in [3.05, 3.63) is 0 Å². The zero-order valence-electron chi connectivity index (χ0n) is 15.0. The summed E-state index contributed by atoms with van der Waals surface area (Å²) < 4.78 is 5.64. The predicted molar refractivity (Wildman–Crippen MR) is 88.1 cm³/mol. The molecule has 0 aromatic rings. The highest BCUT2D eigenvalue weighted by atomic mass is 16.6. The molecule has 0 aromatic carbocycles. The molecule has 4 heteroatoms. The van der Waals surface area contributed by atoms with Crippen molar-refractivity contribution in [1.29, 1.82) is 0 Å². The van der Waals surface area contributed by atoms with E-state index in [4.69, 9.17) is 4.74 Å². The lowest BCUT2D eigenvalue weighted by atomic mass is 9.55. The zero-order chi connectivity index (χ0) is 17.3. The third-order valence-electron chi connectivity index (χ3n) is 8.59. The molecule has 0 saturated heterocycles. The standard InChI is InChI=1S/C20H28O4/c1-12(22)24-20(11-21)9-5-15-13-10-16-17(23)6-7-18(16,2)14(13)4-8-19(15,20)3/h11,13-16H,4-10H2,1-3H3/t13?,14?,15?,16?,18-,19+,20+/m1/s1. The molecule has 4 rings (SSSR count). The molecule has 0 aromatic heterocycles. The Labute approximate surface area is 143 Å². The van der Waals surface area contributed by atoms with E-state index >= 15 is 0 Å². The first-order valence-electron chi connectivity index (χ1n) is 9.46. The maximum absolute atomic E-state index is 12.4. The van der Waals surface area contributed by atoms with Gasteiger partial charge in [-0.25, -0.2) is 0 Å². The Balaban J connectivity index is 1.69. The maximum atomic E-state index is 12.4. The van der Waals surface area contributed by atoms with Gasteiger partial charge in [0.1, 0.15) is 5.78 Å². The summed E-state index contributed by atoms with van der Waals surface area (Å²) in [5.74, 6) is 1.78. The Hall–Kier alpha value is -1.19. The fourth-order valence-corrected chi connectivity index (χ4v) is 7.34. The number of esters is 1. The molecule has 0 heterocycles. The molecule has 0 spiro atoms. The molecule has 0 radical (unpaired) electrons. The van der Waals surface area contributed by atoms with Gasteiger partial charge in [-0.3, -0.25) is 14.4 Å². The third kappa shape index (κ3) is 1.78. The van der Waals surface area contributed by atoms with Crippen molar-refractivity contribution in [2.24, 2.45) is 34.5 Å². The van der Waals surface area contributed by atoms with Gasteiger partial charge in [-0.05, 0) is 61.7 Å². The van der Waals surface area contributed by atoms with Crippen molar-refractivity contribution in [2.45, 2.75) is 71.3 Å². The number of ether oxygens (including phenoxy) is 1. The largest absolute Gasteiger partial charge is 0.451 e. The number of aldehydes is 1. The van der Waals surface area contributed by atoms with Crippen LogP contribution in [0.5, 0.6) is 0 Å². The number of hydrogen-bond acceptors (Lipinski definition) is 4. The van der Waals surface area contributed by atoms with Crippen molar-refractivity contribution >= 4 is 18.0 Å². The van der Waals surface area contributed by atoms with E-state index in [1.165, 1.54) is 6.92 Å². The van der Waals surface area contributed by atoms with Crippen LogP contribution in [0.3, 0.4) is 0 Å². The minimum atomic E-state index is -0.961. The van der Waals surface area contributed by atoms with Gasteiger partial charge in [-0.2, -0.15) is 0 Å². The monoisotopic (exact) mass is 332 g/mol. The fraction of sp³-hybridized carbons (Fsp3) is 0.850. The Morgan fingerprint density at radius 1 is 1.17 bits per heavy atom. The number of hydrogen-bond donors (Lipinski definition) is 0. The number of fused-ring (bicyclic) bond motifs is 5. The summed E-state index contributed by atoms with van der Waals surface area (Å²) >= 11 is 0. The highest BCUT2D eigenvalue weighted by molar-refractivity contribution is 5.84. The molecule has 24 heavy (non-hydrogen) atoms. The molecule has 4 fully saturated rings. The average molecular weight is 332 g/mol. The lowest BCUT2D eigenvalue weighted by Gasteiger charge is -2.51. The molecule has 0 bridgehead atoms. The van der Waals surface area contributed by atoms with E-state index in [2.05, 4.69) is 13.8 Å². The third-order valence-corrected chi connectivity index (χ3v) is 8.59. The molecule has 132 valence electrons. The molecule has 0 aliphatic heterocycles. The Bertz CT molecular complexity index is 613. The molecular weight excluding hydrogens is 304 g/mol. The van der Waals surface area contributed by atoms with Gasteiger partial charge in [0.2, 0.25) is 0 Å². The Morgan fingerprint density at radius 2 is 1.88 bits per heavy atom. The van der Waals surface area contributed by atoms with Crippen molar-refractivity contribution in [3.8, 4) is 0 Å². The Kier molecular flexibility index (Phi) is 3.34. The van der Waals surface area contributed by atoms with E-state index in [0.717, 1.165) is 44.8 Å². The predicted octanol–water partition coefficient (Wildman–Crippen LogP) is 3.32. The highest BCUT2D eigenvalue weighted by Gasteiger charge is 2.69. The van der Waals surface area contributed by atoms with Crippen LogP contribution in [0.15, 0.2) is 0 Å². The van der Waals surface area contributed by atoms with Gasteiger partial charge in [-0.1, -0.05) is 13.8 Å². The fourth-order valence-electron chi connectivity index (χ4n) is 7.34. The maximum Gasteiger partial charge on any atom is 0.303 e. The van der Waals surface area contributed by atoms with Crippen LogP contribution in [-0.2, 0) is 19.1 Å². The lowest BCUT2D eigenvalue weighted by molar-refractivity contribution is -0.179. The molecule has 4 nitrogen and oxygen atoms in total. The van der Waals surface area contributed by atoms with Crippen molar-refractivity contribution in [2.75, 3.05) is 0 Å². The molecule has 0 N–H and O–H groups in total. The second-order valence-corrected chi connectivity index (χ2v) is 9.23. The SMILES string of the molecule is CC(=O)O[C@]1(C=O)CCC2C3CC4C(=O)CC[C@]4(C)C3CC[C@@]21C. The van der Waals surface area contributed by atoms with Crippen LogP contribution in [0.25, 0.3) is 0 Å². The van der Waals surface area contributed by atoms with Crippen LogP contribution in [-0.4, -0.2) is 23.6 Å². The molecule has 0 amide bonds. The van der Waals surface area contributed by atoms with E-state index in [1.807, 2.05) is 0 Å². The molecular formula is C20H28O4. The summed E-state index contributed by atoms with van der Waals surface area (Å²) in [6.07, 6.45) is 7.20. The van der Waals surface area contributed by atoms with Gasteiger partial charge in [-0.15, -0.1) is 0 Å². The quantitative estimate of drug-likeness (QED) is 0.575. The molecule has 4 saturated carbocycles. The Morgan fingerprint density at radius 3 is 2.54 bits per heavy atom. The first kappa shape index (κ1) is 16.3. The van der Waals surface area contributed by atoms with Gasteiger partial charge in [0.05, 0.1) is 0 Å². The van der Waals surface area contributed by atoms with Gasteiger partial charge in [0.25, 0.3) is 0 Å². The van der Waals surface area contributed by atoms with Gasteiger partial charge < -0.3 is 4.74 Å². The summed E-state index contributed by atoms with van der Waals surface area (Å²) in [5.41, 5.74) is -1.08. The second-order valence-electron chi connectivity index (χ2n) is 9.23. The summed E-state index contributed by atoms with van der Waals surface area (Å²) in [7, 11) is 0. The van der Waals surface area contributed by atoms with Crippen LogP contribution in [0.1, 0.15) is 65.7 Å². The van der Waals surface area contributed by atoms with Crippen LogP contribution in [0.2, 0.25) is 0 Å². The summed E-state index contributed by atoms with van der Waals surface area (Å²) in [4.78, 5) is 36.0. The first-order valence-corrected chi connectivity index (χ1v) is 9.46. The van der Waals surface area contributed by atoms with Crippen LogP contribution in [0, 0.1) is 34.5 Å². The van der Waals surface area contributed by atoms with Crippen LogP contribution in [0.4, 0.5) is 0 Å². The summed E-state index contributed by atoms with van der Waals surface area (Å²) in [5, 5.41) is 0. The normalized spacial score (nSPS) is 52.5. The minimum absolute atomic E-state index is 0.164. The van der Waals surface area contributed by atoms with Gasteiger partial charge >= 0.3 is 5.97 Å². The van der Waals surface area contributed by atoms with E-state index < -0.39 is 5.60 Å². The van der Waals surface area contributed by atoms with E-state index in [1.54, 1.807) is 0 Å². The molecule has 4 unspecified atom stereocenters. The van der Waals surface area contributed by atoms with E-state index in [-0.39, 0.29) is 22.7 Å². The topological polar surface area (TPSA) is 60.4 Å². The number of carbonyl (C=O) groups is 3. The minimum Gasteiger partial charge on any atom is -0.451 e.